The summed E-state index contributed by atoms with van der Waals surface area (Å²) in [6.45, 7) is 6.06. The van der Waals surface area contributed by atoms with Gasteiger partial charge in [-0.2, -0.15) is 0 Å². The molecule has 0 saturated carbocycles. The predicted molar refractivity (Wildman–Crippen MR) is 101 cm³/mol. The zero-order valence-corrected chi connectivity index (χ0v) is 15.6. The van der Waals surface area contributed by atoms with E-state index in [1.165, 1.54) is 0 Å². The molecule has 0 fully saturated rings. The Morgan fingerprint density at radius 2 is 1.84 bits per heavy atom. The molecule has 1 unspecified atom stereocenters. The second-order valence-corrected chi connectivity index (χ2v) is 6.66. The van der Waals surface area contributed by atoms with Crippen LogP contribution in [-0.2, 0) is 10.3 Å². The third-order valence-electron chi connectivity index (χ3n) is 4.16. The van der Waals surface area contributed by atoms with Crippen molar-refractivity contribution in [2.24, 2.45) is 0 Å². The van der Waals surface area contributed by atoms with Gasteiger partial charge in [0, 0.05) is 10.7 Å². The predicted octanol–water partition coefficient (Wildman–Crippen LogP) is 5.25. The number of carbonyl (C=O) groups excluding carboxylic acids is 1. The van der Waals surface area contributed by atoms with Crippen molar-refractivity contribution in [1.29, 1.82) is 0 Å². The van der Waals surface area contributed by atoms with Crippen LogP contribution in [0.5, 0.6) is 0 Å². The number of amides is 1. The smallest absolute Gasteiger partial charge is 0.411 e. The lowest BCUT2D eigenvalue weighted by Gasteiger charge is -2.25. The van der Waals surface area contributed by atoms with Gasteiger partial charge in [-0.3, -0.25) is 5.32 Å². The molecule has 2 aromatic carbocycles. The first-order valence-electron chi connectivity index (χ1n) is 8.38. The fourth-order valence-electron chi connectivity index (χ4n) is 2.50. The molecule has 1 amide bonds. The van der Waals surface area contributed by atoms with E-state index in [-0.39, 0.29) is 0 Å². The van der Waals surface area contributed by atoms with Gasteiger partial charge in [0.15, 0.2) is 0 Å². The van der Waals surface area contributed by atoms with Crippen LogP contribution in [0.1, 0.15) is 43.4 Å². The first-order valence-corrected chi connectivity index (χ1v) is 8.75. The molecule has 25 heavy (non-hydrogen) atoms. The Labute approximate surface area is 153 Å². The minimum atomic E-state index is -1.16. The summed E-state index contributed by atoms with van der Waals surface area (Å²) in [5.74, 6) is 0. The molecule has 0 aliphatic heterocycles. The molecule has 0 spiro atoms. The number of nitrogens with one attached hydrogen (secondary N) is 1. The number of rotatable bonds is 6. The van der Waals surface area contributed by atoms with Crippen molar-refractivity contribution in [1.82, 2.24) is 0 Å². The van der Waals surface area contributed by atoms with E-state index in [0.717, 1.165) is 29.5 Å². The third-order valence-corrected chi connectivity index (χ3v) is 4.41. The standard InChI is InChI=1S/C20H24ClNO3/c1-4-5-12-25-19(23)22-18-11-8-16(13-14(18)2)20(3,24)15-6-9-17(21)10-7-15/h6-11,13,24H,4-5,12H2,1-3H3,(H,22,23). The Morgan fingerprint density at radius 1 is 1.20 bits per heavy atom. The van der Waals surface area contributed by atoms with Crippen LogP contribution in [0.2, 0.25) is 5.02 Å². The summed E-state index contributed by atoms with van der Waals surface area (Å²) in [4.78, 5) is 11.8. The molecular weight excluding hydrogens is 338 g/mol. The number of aryl methyl sites for hydroxylation is 1. The van der Waals surface area contributed by atoms with Crippen LogP contribution in [0, 0.1) is 6.92 Å². The van der Waals surface area contributed by atoms with E-state index in [2.05, 4.69) is 5.32 Å². The van der Waals surface area contributed by atoms with Crippen LogP contribution in [0.15, 0.2) is 42.5 Å². The summed E-state index contributed by atoms with van der Waals surface area (Å²) >= 11 is 5.91. The summed E-state index contributed by atoms with van der Waals surface area (Å²) in [5, 5.41) is 14.3. The second-order valence-electron chi connectivity index (χ2n) is 6.22. The van der Waals surface area contributed by atoms with Crippen LogP contribution in [0.25, 0.3) is 0 Å². The summed E-state index contributed by atoms with van der Waals surface area (Å²) in [6, 6.07) is 12.5. The summed E-state index contributed by atoms with van der Waals surface area (Å²) in [6.07, 6.45) is 1.35. The van der Waals surface area contributed by atoms with Gasteiger partial charge in [-0.1, -0.05) is 49.2 Å². The van der Waals surface area contributed by atoms with Gasteiger partial charge in [-0.25, -0.2) is 4.79 Å². The number of ether oxygens (including phenoxy) is 1. The number of aliphatic hydroxyl groups is 1. The number of unbranched alkanes of at least 4 members (excludes halogenated alkanes) is 1. The molecule has 1 atom stereocenters. The van der Waals surface area contributed by atoms with Gasteiger partial charge >= 0.3 is 6.09 Å². The van der Waals surface area contributed by atoms with Crippen LogP contribution in [-0.4, -0.2) is 17.8 Å². The van der Waals surface area contributed by atoms with Crippen molar-refractivity contribution in [2.45, 2.75) is 39.2 Å². The highest BCUT2D eigenvalue weighted by molar-refractivity contribution is 6.30. The van der Waals surface area contributed by atoms with E-state index < -0.39 is 11.7 Å². The SMILES string of the molecule is CCCCOC(=O)Nc1ccc(C(C)(O)c2ccc(Cl)cc2)cc1C. The van der Waals surface area contributed by atoms with Gasteiger partial charge in [0.05, 0.1) is 6.61 Å². The molecule has 134 valence electrons. The van der Waals surface area contributed by atoms with Gasteiger partial charge in [0.1, 0.15) is 5.60 Å². The summed E-state index contributed by atoms with van der Waals surface area (Å²) in [5.41, 5.74) is 1.83. The molecular formula is C20H24ClNO3. The van der Waals surface area contributed by atoms with Gasteiger partial charge in [-0.15, -0.1) is 0 Å². The number of halogens is 1. The minimum Gasteiger partial charge on any atom is -0.449 e. The van der Waals surface area contributed by atoms with Gasteiger partial charge in [0.25, 0.3) is 0 Å². The zero-order valence-electron chi connectivity index (χ0n) is 14.8. The Hall–Kier alpha value is -2.04. The third kappa shape index (κ3) is 4.97. The highest BCUT2D eigenvalue weighted by atomic mass is 35.5. The quantitative estimate of drug-likeness (QED) is 0.690. The van der Waals surface area contributed by atoms with Crippen molar-refractivity contribution in [3.05, 3.63) is 64.2 Å². The Kier molecular flexibility index (Phi) is 6.45. The highest BCUT2D eigenvalue weighted by Gasteiger charge is 2.26. The lowest BCUT2D eigenvalue weighted by Crippen LogP contribution is -2.23. The van der Waals surface area contributed by atoms with E-state index in [1.54, 1.807) is 43.3 Å². The first kappa shape index (κ1) is 19.3. The van der Waals surface area contributed by atoms with Gasteiger partial charge in [-0.05, 0) is 55.2 Å². The molecule has 0 aliphatic rings. The minimum absolute atomic E-state index is 0.407. The molecule has 0 heterocycles. The Bertz CT molecular complexity index is 726. The van der Waals surface area contributed by atoms with E-state index >= 15 is 0 Å². The maximum Gasteiger partial charge on any atom is 0.411 e. The molecule has 0 aromatic heterocycles. The average molecular weight is 362 g/mol. The molecule has 2 aromatic rings. The van der Waals surface area contributed by atoms with Crippen molar-refractivity contribution < 1.29 is 14.6 Å². The van der Waals surface area contributed by atoms with Crippen LogP contribution in [0.3, 0.4) is 0 Å². The molecule has 4 nitrogen and oxygen atoms in total. The maximum absolute atomic E-state index is 11.8. The van der Waals surface area contributed by atoms with E-state index in [9.17, 15) is 9.90 Å². The van der Waals surface area contributed by atoms with Crippen molar-refractivity contribution >= 4 is 23.4 Å². The van der Waals surface area contributed by atoms with Gasteiger partial charge in [0.2, 0.25) is 0 Å². The lowest BCUT2D eigenvalue weighted by atomic mass is 9.87. The lowest BCUT2D eigenvalue weighted by molar-refractivity contribution is 0.102. The summed E-state index contributed by atoms with van der Waals surface area (Å²) < 4.78 is 5.11. The molecule has 2 N–H and O–H groups in total. The molecule has 0 radical (unpaired) electrons. The highest BCUT2D eigenvalue weighted by Crippen LogP contribution is 2.32. The molecule has 0 bridgehead atoms. The van der Waals surface area contributed by atoms with Crippen LogP contribution >= 0.6 is 11.6 Å². The molecule has 0 saturated heterocycles. The number of hydrogen-bond acceptors (Lipinski definition) is 3. The van der Waals surface area contributed by atoms with Crippen molar-refractivity contribution in [2.75, 3.05) is 11.9 Å². The van der Waals surface area contributed by atoms with E-state index in [0.29, 0.717) is 17.3 Å². The Balaban J connectivity index is 2.15. The van der Waals surface area contributed by atoms with Crippen molar-refractivity contribution in [3.63, 3.8) is 0 Å². The molecule has 2 rings (SSSR count). The van der Waals surface area contributed by atoms with Crippen LogP contribution in [0.4, 0.5) is 10.5 Å². The van der Waals surface area contributed by atoms with Gasteiger partial charge < -0.3 is 9.84 Å². The largest absolute Gasteiger partial charge is 0.449 e. The second kappa shape index (κ2) is 8.37. The Morgan fingerprint density at radius 3 is 2.44 bits per heavy atom. The normalized spacial score (nSPS) is 13.2. The fourth-order valence-corrected chi connectivity index (χ4v) is 2.63. The molecule has 0 aliphatic carbocycles. The average Bonchev–Trinajstić information content (AvgIpc) is 2.57. The van der Waals surface area contributed by atoms with E-state index in [4.69, 9.17) is 16.3 Å². The monoisotopic (exact) mass is 361 g/mol. The number of hydrogen-bond donors (Lipinski definition) is 2. The number of benzene rings is 2. The van der Waals surface area contributed by atoms with Crippen LogP contribution < -0.4 is 5.32 Å². The number of anilines is 1. The van der Waals surface area contributed by atoms with Crippen molar-refractivity contribution in [3.8, 4) is 0 Å². The number of carbonyl (C=O) groups is 1. The molecule has 5 heteroatoms. The topological polar surface area (TPSA) is 58.6 Å². The van der Waals surface area contributed by atoms with E-state index in [1.807, 2.05) is 19.9 Å². The summed E-state index contributed by atoms with van der Waals surface area (Å²) in [7, 11) is 0. The zero-order chi connectivity index (χ0) is 18.4. The first-order chi connectivity index (χ1) is 11.8. The fraction of sp³-hybridized carbons (Fsp3) is 0.350. The maximum atomic E-state index is 11.8.